The van der Waals surface area contributed by atoms with Crippen molar-refractivity contribution in [2.75, 3.05) is 218 Å². The first-order valence-corrected chi connectivity index (χ1v) is 43.5. The summed E-state index contributed by atoms with van der Waals surface area (Å²) in [7, 11) is -8.30. The van der Waals surface area contributed by atoms with Crippen LogP contribution in [0.25, 0.3) is 0 Å². The summed E-state index contributed by atoms with van der Waals surface area (Å²) in [5, 5.41) is 58.3. The van der Waals surface area contributed by atoms with E-state index < -0.39 is 34.7 Å². The van der Waals surface area contributed by atoms with Crippen LogP contribution in [0.1, 0.15) is 83.1 Å². The van der Waals surface area contributed by atoms with Gasteiger partial charge in [-0.3, -0.25) is 5.32 Å². The zero-order valence-electron chi connectivity index (χ0n) is 65.5. The predicted molar refractivity (Wildman–Crippen MR) is 466 cm³/mol. The fraction of sp³-hybridized carbons (Fsp3) is 0.898. The predicted octanol–water partition coefficient (Wildman–Crippen LogP) is -8.97. The number of nitrogens with two attached hydrogens (primary N) is 13. The van der Waals surface area contributed by atoms with Crippen LogP contribution in [0.2, 0.25) is 0 Å². The van der Waals surface area contributed by atoms with Crippen LogP contribution in [0.4, 0.5) is 0 Å². The summed E-state index contributed by atoms with van der Waals surface area (Å²) in [6.45, 7) is 40.0. The number of hydrogen-bond donors (Lipinski definition) is 26. The Bertz CT molecular complexity index is 2250. The van der Waals surface area contributed by atoms with Crippen molar-refractivity contribution in [1.29, 1.82) is 0 Å². The van der Waals surface area contributed by atoms with Crippen molar-refractivity contribution in [3.05, 3.63) is 0 Å². The van der Waals surface area contributed by atoms with Crippen molar-refractivity contribution in [2.24, 2.45) is 68.8 Å². The Kier molecular flexibility index (Phi) is 97.7. The van der Waals surface area contributed by atoms with Crippen LogP contribution in [-0.2, 0) is 56.4 Å². The average molecular weight is 1720 g/mol. The second kappa shape index (κ2) is 85.0. The third-order valence-corrected chi connectivity index (χ3v) is 17.3. The van der Waals surface area contributed by atoms with Crippen molar-refractivity contribution < 1.29 is 60.1 Å². The third kappa shape index (κ3) is 112. The molecule has 47 heteroatoms. The van der Waals surface area contributed by atoms with Gasteiger partial charge >= 0.3 is 0 Å². The minimum absolute atomic E-state index is 0.0426. The molecule has 1 atom stereocenters. The quantitative estimate of drug-likeness (QED) is 0.0288. The molecule has 5 rings (SSSR count). The van der Waals surface area contributed by atoms with Gasteiger partial charge in [0, 0.05) is 195 Å². The SMILES string of the molecule is CC(C)O.CC(C)O.CC(C)O.CC(C)OC(=S)N1CCS(=O)(=O)CC1.CC(C)OC(=S)NCCN.CC(C)OC([S-])(NCCN)[NH2+]CCN.NCCN.NCCN.NCCN.NCCNC(=S)N1CCS(=O)(=O)CC1.NCCNC(=S)NCCN.O=S1(=O)CCNCC1.S=C1NCCN1.S=C1NCCN1. The summed E-state index contributed by atoms with van der Waals surface area (Å²) in [4.78, 5) is 3.67. The van der Waals surface area contributed by atoms with Gasteiger partial charge in [-0.05, 0) is 156 Å². The first kappa shape index (κ1) is 122. The van der Waals surface area contributed by atoms with E-state index in [9.17, 15) is 25.3 Å². The van der Waals surface area contributed by atoms with Gasteiger partial charge in [-0.25, -0.2) is 25.3 Å². The van der Waals surface area contributed by atoms with Crippen LogP contribution in [0.3, 0.4) is 0 Å². The Hall–Kier alpha value is -2.42. The van der Waals surface area contributed by atoms with Crippen molar-refractivity contribution >= 4 is 146 Å². The average Bonchev–Trinajstić information content (AvgIpc) is 1.18. The van der Waals surface area contributed by atoms with Gasteiger partial charge in [0.05, 0.1) is 59.4 Å². The Morgan fingerprint density at radius 2 is 0.755 bits per heavy atom. The van der Waals surface area contributed by atoms with Crippen LogP contribution >= 0.6 is 73.3 Å². The van der Waals surface area contributed by atoms with Crippen LogP contribution < -0.4 is 127 Å². The minimum Gasteiger partial charge on any atom is -0.674 e. The molecule has 37 nitrogen and oxygen atoms in total. The Balaban J connectivity index is -0.000000140. The molecule has 0 aromatic carbocycles. The first-order chi connectivity index (χ1) is 49.4. The molecule has 0 aromatic heterocycles. The number of hydrogen-bond acceptors (Lipinski definition) is 33. The molecule has 5 aliphatic heterocycles. The highest BCUT2D eigenvalue weighted by Gasteiger charge is 2.25. The van der Waals surface area contributed by atoms with Gasteiger partial charge in [-0.2, -0.15) is 0 Å². The Morgan fingerprint density at radius 1 is 0.453 bits per heavy atom. The van der Waals surface area contributed by atoms with E-state index in [1.807, 2.05) is 51.8 Å². The highest BCUT2D eigenvalue weighted by Crippen LogP contribution is 2.07. The summed E-state index contributed by atoms with van der Waals surface area (Å²) in [6.07, 6.45) is -0.245. The van der Waals surface area contributed by atoms with Crippen molar-refractivity contribution in [1.82, 2.24) is 63.0 Å². The van der Waals surface area contributed by atoms with E-state index in [-0.39, 0.29) is 59.6 Å². The van der Waals surface area contributed by atoms with Crippen LogP contribution in [-0.4, -0.2) is 341 Å². The second-order valence-corrected chi connectivity index (χ2v) is 33.1. The number of nitrogens with one attached hydrogen (secondary N) is 10. The van der Waals surface area contributed by atoms with Gasteiger partial charge in [0.15, 0.2) is 50.0 Å². The molecule has 5 aliphatic rings. The van der Waals surface area contributed by atoms with Crippen LogP contribution in [0.15, 0.2) is 0 Å². The molecule has 0 spiro atoms. The van der Waals surface area contributed by atoms with Gasteiger partial charge < -0.3 is 174 Å². The van der Waals surface area contributed by atoms with E-state index in [1.165, 1.54) is 0 Å². The third-order valence-electron chi connectivity index (χ3n) is 10.2. The lowest BCUT2D eigenvalue weighted by molar-refractivity contribution is -0.748. The number of nitrogens with zero attached hydrogens (tertiary/aromatic N) is 2. The largest absolute Gasteiger partial charge is 0.674 e. The first-order valence-electron chi connectivity index (χ1n) is 35.1. The number of ether oxygens (including phenoxy) is 3. The van der Waals surface area contributed by atoms with Crippen LogP contribution in [0, 0.1) is 0 Å². The molecule has 0 saturated carbocycles. The molecule has 0 amide bonds. The summed E-state index contributed by atoms with van der Waals surface area (Å²) in [6, 6.07) is 0. The summed E-state index contributed by atoms with van der Waals surface area (Å²) in [5.74, 6) is 1.36. The summed E-state index contributed by atoms with van der Waals surface area (Å²) < 4.78 is 81.7. The lowest BCUT2D eigenvalue weighted by Crippen LogP contribution is -3.02. The maximum Gasteiger partial charge on any atom is 0.259 e. The molecule has 39 N–H and O–H groups in total. The second-order valence-electron chi connectivity index (χ2n) is 23.3. The molecule has 106 heavy (non-hydrogen) atoms. The highest BCUT2D eigenvalue weighted by molar-refractivity contribution is 7.92. The number of sulfone groups is 3. The van der Waals surface area contributed by atoms with Crippen molar-refractivity contribution in [2.45, 2.75) is 125 Å². The number of quaternary nitrogens is 1. The van der Waals surface area contributed by atoms with Gasteiger partial charge in [0.1, 0.15) is 5.18 Å². The molecule has 642 valence electrons. The molecule has 0 aromatic rings. The highest BCUT2D eigenvalue weighted by atomic mass is 32.2. The lowest BCUT2D eigenvalue weighted by atomic mass is 10.5. The van der Waals surface area contributed by atoms with E-state index in [2.05, 4.69) is 53.2 Å². The molecule has 0 aliphatic carbocycles. The number of rotatable bonds is 21. The Morgan fingerprint density at radius 3 is 1.01 bits per heavy atom. The molecular formula is C59H149N25O12S10. The normalized spacial score (nSPS) is 15.5. The van der Waals surface area contributed by atoms with E-state index in [0.717, 1.165) is 42.9 Å². The summed E-state index contributed by atoms with van der Waals surface area (Å²) >= 11 is 34.5. The van der Waals surface area contributed by atoms with Gasteiger partial charge in [-0.15, -0.1) is 0 Å². The smallest absolute Gasteiger partial charge is 0.259 e. The zero-order chi connectivity index (χ0) is 84.0. The molecule has 5 saturated heterocycles. The van der Waals surface area contributed by atoms with Gasteiger partial charge in [0.2, 0.25) is 0 Å². The fourth-order valence-corrected chi connectivity index (χ4v) is 11.3. The molecular weight excluding hydrogens is 1570 g/mol. The van der Waals surface area contributed by atoms with Gasteiger partial charge in [0.25, 0.3) is 10.3 Å². The molecule has 1 unspecified atom stereocenters. The number of thiocarbonyl (C=S) groups is 6. The standard InChI is InChI=1S/C8H22N4OS.C8H15NO3S2.C7H15N3O2S2.C6H14N2OS.C5H14N4S.C4H9NO2S.2C3H6N2S.3C3H8O.3C2H8N2/c1-7(2)13-8(14,11-5-3-9)12-6-4-10;1-7(2)12-8(13)9-3-5-14(10,11)6-4-9;8-1-2-9-7(13)10-3-5-14(11,12)6-4-10;1-5(2)9-6(10)8-4-3-7;6-1-3-8-5(10)9-4-2-7;6-8(7)3-1-5-2-4-8;2*6-3-4-1-2-5-3;3*1-3(2)4;3*3-1-2-4/h7,11-12,14H,3-6,9-10H2,1-2H3;7H,3-6H2,1-2H3;1-6,8H2,(H,9,13);5H,3-4,7H2,1-2H3,(H,8,10);1-4,6-7H2,(H2,8,9,10);5H,1-4H2;2*1-2H2,(H2,4,5,6);3*3-4H,1-2H3;3*1-4H2. The monoisotopic (exact) mass is 1720 g/mol. The van der Waals surface area contributed by atoms with Crippen LogP contribution in [0.5, 0.6) is 0 Å². The van der Waals surface area contributed by atoms with E-state index in [1.54, 1.807) is 46.4 Å². The van der Waals surface area contributed by atoms with E-state index >= 15 is 0 Å². The maximum absolute atomic E-state index is 11.1. The summed E-state index contributed by atoms with van der Waals surface area (Å²) in [5.41, 5.74) is 61.2. The fourth-order valence-electron chi connectivity index (χ4n) is 5.78. The maximum atomic E-state index is 11.1. The van der Waals surface area contributed by atoms with Crippen molar-refractivity contribution in [3.8, 4) is 0 Å². The zero-order valence-corrected chi connectivity index (χ0v) is 73.7. The minimum atomic E-state index is -2.83. The van der Waals surface area contributed by atoms with Gasteiger partial charge in [-0.1, -0.05) is 0 Å². The molecule has 0 radical (unpaired) electrons. The lowest BCUT2D eigenvalue weighted by Gasteiger charge is -2.39. The van der Waals surface area contributed by atoms with E-state index in [0.29, 0.717) is 183 Å². The molecule has 0 bridgehead atoms. The number of aliphatic hydroxyl groups excluding tert-OH is 3. The molecule has 5 heterocycles. The Labute approximate surface area is 676 Å². The van der Waals surface area contributed by atoms with E-state index in [4.69, 9.17) is 184 Å². The molecule has 5 fully saturated rings. The van der Waals surface area contributed by atoms with Crippen molar-refractivity contribution in [3.63, 3.8) is 0 Å². The number of aliphatic hydroxyl groups is 3. The topological polar surface area (TPSA) is 646 Å².